The predicted molar refractivity (Wildman–Crippen MR) is 76.5 cm³/mol. The zero-order valence-electron chi connectivity index (χ0n) is 12.8. The molecule has 1 fully saturated rings. The highest BCUT2D eigenvalue weighted by atomic mass is 16.5. The zero-order valence-corrected chi connectivity index (χ0v) is 12.8. The lowest BCUT2D eigenvalue weighted by atomic mass is 9.94. The van der Waals surface area contributed by atoms with Crippen molar-refractivity contribution in [3.05, 3.63) is 24.5 Å². The van der Waals surface area contributed by atoms with Crippen molar-refractivity contribution in [2.75, 3.05) is 0 Å². The molecular weight excluding hydrogens is 270 g/mol. The number of ether oxygens (including phenoxy) is 1. The van der Waals surface area contributed by atoms with Crippen molar-refractivity contribution in [3.63, 3.8) is 0 Å². The van der Waals surface area contributed by atoms with Crippen LogP contribution in [0.4, 0.5) is 0 Å². The summed E-state index contributed by atoms with van der Waals surface area (Å²) in [7, 11) is 0. The van der Waals surface area contributed by atoms with Crippen LogP contribution in [0.25, 0.3) is 11.4 Å². The number of nitrogens with one attached hydrogen (secondary N) is 1. The van der Waals surface area contributed by atoms with E-state index < -0.39 is 0 Å². The third-order valence-corrected chi connectivity index (χ3v) is 3.82. The number of hydrogen-bond donors (Lipinski definition) is 1. The van der Waals surface area contributed by atoms with Gasteiger partial charge >= 0.3 is 0 Å². The standard InChI is InChI=1S/C15H21N3O3/c1-14(2)7-11(15(3,4)21-14)16-8-12-17-13(18-20-12)10-5-6-19-9-10/h5-6,9,11,16H,7-8H2,1-4H3/t11-/m1/s1. The van der Waals surface area contributed by atoms with Crippen molar-refractivity contribution in [3.8, 4) is 11.4 Å². The monoisotopic (exact) mass is 291 g/mol. The molecule has 2 aromatic heterocycles. The van der Waals surface area contributed by atoms with E-state index in [0.717, 1.165) is 12.0 Å². The molecule has 6 heteroatoms. The van der Waals surface area contributed by atoms with Crippen molar-refractivity contribution in [1.29, 1.82) is 0 Å². The van der Waals surface area contributed by atoms with Crippen molar-refractivity contribution in [1.82, 2.24) is 15.5 Å². The summed E-state index contributed by atoms with van der Waals surface area (Å²) >= 11 is 0. The van der Waals surface area contributed by atoms with E-state index >= 15 is 0 Å². The minimum atomic E-state index is -0.211. The summed E-state index contributed by atoms with van der Waals surface area (Å²) in [4.78, 5) is 4.36. The molecule has 2 aromatic rings. The molecule has 0 aromatic carbocycles. The van der Waals surface area contributed by atoms with Crippen LogP contribution in [0.2, 0.25) is 0 Å². The zero-order chi connectivity index (χ0) is 15.1. The molecule has 21 heavy (non-hydrogen) atoms. The molecule has 0 unspecified atom stereocenters. The summed E-state index contributed by atoms with van der Waals surface area (Å²) in [6.07, 6.45) is 4.13. The molecule has 6 nitrogen and oxygen atoms in total. The largest absolute Gasteiger partial charge is 0.472 e. The number of nitrogens with zero attached hydrogens (tertiary/aromatic N) is 2. The first-order valence-corrected chi connectivity index (χ1v) is 7.14. The van der Waals surface area contributed by atoms with Gasteiger partial charge in [-0.3, -0.25) is 0 Å². The van der Waals surface area contributed by atoms with Crippen LogP contribution in [0.5, 0.6) is 0 Å². The van der Waals surface area contributed by atoms with E-state index in [4.69, 9.17) is 13.7 Å². The van der Waals surface area contributed by atoms with Gasteiger partial charge in [-0.15, -0.1) is 0 Å². The molecule has 0 radical (unpaired) electrons. The van der Waals surface area contributed by atoms with Crippen LogP contribution in [0.1, 0.15) is 40.0 Å². The van der Waals surface area contributed by atoms with E-state index in [0.29, 0.717) is 18.3 Å². The summed E-state index contributed by atoms with van der Waals surface area (Å²) in [5, 5.41) is 7.41. The molecule has 0 spiro atoms. The Labute approximate surface area is 123 Å². The quantitative estimate of drug-likeness (QED) is 0.933. The SMILES string of the molecule is CC1(C)C[C@@H](NCc2nc(-c3ccoc3)no2)C(C)(C)O1. The Hall–Kier alpha value is -1.66. The fourth-order valence-electron chi connectivity index (χ4n) is 2.93. The van der Waals surface area contributed by atoms with Gasteiger partial charge in [-0.1, -0.05) is 5.16 Å². The second kappa shape index (κ2) is 4.96. The maximum Gasteiger partial charge on any atom is 0.240 e. The molecule has 0 amide bonds. The van der Waals surface area contributed by atoms with E-state index in [2.05, 4.69) is 43.2 Å². The van der Waals surface area contributed by atoms with Gasteiger partial charge in [0, 0.05) is 6.04 Å². The Morgan fingerprint density at radius 3 is 2.76 bits per heavy atom. The normalized spacial score (nSPS) is 23.5. The topological polar surface area (TPSA) is 73.3 Å². The van der Waals surface area contributed by atoms with Crippen molar-refractivity contribution < 1.29 is 13.7 Å². The first kappa shape index (κ1) is 14.3. The molecule has 1 aliphatic rings. The van der Waals surface area contributed by atoms with Gasteiger partial charge in [0.25, 0.3) is 0 Å². The van der Waals surface area contributed by atoms with Gasteiger partial charge in [-0.05, 0) is 40.2 Å². The highest BCUT2D eigenvalue weighted by molar-refractivity contribution is 5.51. The summed E-state index contributed by atoms with van der Waals surface area (Å²) in [5.41, 5.74) is 0.491. The molecular formula is C15H21N3O3. The van der Waals surface area contributed by atoms with Gasteiger partial charge < -0.3 is 19.0 Å². The van der Waals surface area contributed by atoms with E-state index in [9.17, 15) is 0 Å². The average molecular weight is 291 g/mol. The van der Waals surface area contributed by atoms with Crippen LogP contribution in [0.3, 0.4) is 0 Å². The summed E-state index contributed by atoms with van der Waals surface area (Å²) in [5.74, 6) is 1.11. The lowest BCUT2D eigenvalue weighted by molar-refractivity contribution is -0.0700. The van der Waals surface area contributed by atoms with Crippen molar-refractivity contribution in [2.24, 2.45) is 0 Å². The number of hydrogen-bond acceptors (Lipinski definition) is 6. The maximum absolute atomic E-state index is 6.06. The minimum Gasteiger partial charge on any atom is -0.472 e. The Kier molecular flexibility index (Phi) is 3.37. The number of rotatable bonds is 4. The van der Waals surface area contributed by atoms with E-state index in [1.807, 2.05) is 0 Å². The Bertz CT molecular complexity index is 601. The number of furan rings is 1. The van der Waals surface area contributed by atoms with E-state index in [1.165, 1.54) is 0 Å². The average Bonchev–Trinajstić information content (AvgIpc) is 3.05. The summed E-state index contributed by atoms with van der Waals surface area (Å²) in [6, 6.07) is 2.05. The summed E-state index contributed by atoms with van der Waals surface area (Å²) in [6.45, 7) is 8.95. The van der Waals surface area contributed by atoms with Crippen LogP contribution >= 0.6 is 0 Å². The van der Waals surface area contributed by atoms with Gasteiger partial charge in [0.1, 0.15) is 6.26 Å². The van der Waals surface area contributed by atoms with Gasteiger partial charge in [0.05, 0.1) is 29.6 Å². The molecule has 0 aliphatic carbocycles. The molecule has 0 bridgehead atoms. The lowest BCUT2D eigenvalue weighted by Crippen LogP contribution is -2.43. The van der Waals surface area contributed by atoms with Crippen molar-refractivity contribution in [2.45, 2.75) is 57.9 Å². The third-order valence-electron chi connectivity index (χ3n) is 3.82. The first-order chi connectivity index (χ1) is 9.86. The predicted octanol–water partition coefficient (Wildman–Crippen LogP) is 2.77. The smallest absolute Gasteiger partial charge is 0.240 e. The molecule has 1 saturated heterocycles. The highest BCUT2D eigenvalue weighted by Crippen LogP contribution is 2.37. The fourth-order valence-corrected chi connectivity index (χ4v) is 2.93. The van der Waals surface area contributed by atoms with Crippen molar-refractivity contribution >= 4 is 0 Å². The lowest BCUT2D eigenvalue weighted by Gasteiger charge is -2.27. The van der Waals surface area contributed by atoms with Gasteiger partial charge in [-0.2, -0.15) is 4.98 Å². The van der Waals surface area contributed by atoms with Crippen LogP contribution < -0.4 is 5.32 Å². The molecule has 1 atom stereocenters. The third kappa shape index (κ3) is 3.01. The van der Waals surface area contributed by atoms with Crippen LogP contribution in [0, 0.1) is 0 Å². The molecule has 1 N–H and O–H groups in total. The second-order valence-electron chi connectivity index (χ2n) is 6.63. The maximum atomic E-state index is 6.06. The van der Waals surface area contributed by atoms with E-state index in [-0.39, 0.29) is 17.2 Å². The highest BCUT2D eigenvalue weighted by Gasteiger charge is 2.45. The van der Waals surface area contributed by atoms with Crippen LogP contribution in [-0.2, 0) is 11.3 Å². The Morgan fingerprint density at radius 2 is 2.14 bits per heavy atom. The molecule has 1 aliphatic heterocycles. The van der Waals surface area contributed by atoms with Crippen LogP contribution in [0.15, 0.2) is 27.5 Å². The molecule has 3 rings (SSSR count). The number of aromatic nitrogens is 2. The van der Waals surface area contributed by atoms with Gasteiger partial charge in [-0.25, -0.2) is 0 Å². The van der Waals surface area contributed by atoms with Crippen LogP contribution in [-0.4, -0.2) is 27.4 Å². The Morgan fingerprint density at radius 1 is 1.33 bits per heavy atom. The second-order valence-corrected chi connectivity index (χ2v) is 6.63. The molecule has 114 valence electrons. The van der Waals surface area contributed by atoms with Gasteiger partial charge in [0.15, 0.2) is 0 Å². The van der Waals surface area contributed by atoms with Gasteiger partial charge in [0.2, 0.25) is 11.7 Å². The van der Waals surface area contributed by atoms with E-state index in [1.54, 1.807) is 18.6 Å². The summed E-state index contributed by atoms with van der Waals surface area (Å²) < 4.78 is 16.3. The fraction of sp³-hybridized carbons (Fsp3) is 0.600. The first-order valence-electron chi connectivity index (χ1n) is 7.14. The molecule has 3 heterocycles. The molecule has 0 saturated carbocycles. The minimum absolute atomic E-state index is 0.113. The Balaban J connectivity index is 1.63.